The van der Waals surface area contributed by atoms with E-state index in [-0.39, 0.29) is 11.9 Å². The summed E-state index contributed by atoms with van der Waals surface area (Å²) in [6, 6.07) is 9.66. The van der Waals surface area contributed by atoms with Crippen molar-refractivity contribution in [3.8, 4) is 0 Å². The van der Waals surface area contributed by atoms with Crippen LogP contribution in [-0.2, 0) is 6.54 Å². The maximum atomic E-state index is 12.2. The fraction of sp³-hybridized carbons (Fsp3) is 0.235. The molecule has 8 heteroatoms. The minimum absolute atomic E-state index is 0.166. The van der Waals surface area contributed by atoms with Crippen molar-refractivity contribution in [2.24, 2.45) is 0 Å². The Morgan fingerprint density at radius 3 is 2.72 bits per heavy atom. The first-order chi connectivity index (χ1) is 12.1. The zero-order valence-corrected chi connectivity index (χ0v) is 14.8. The molecule has 0 aliphatic rings. The number of nitrogens with one attached hydrogen (secondary N) is 1. The molecule has 0 radical (unpaired) electrons. The Hall–Kier alpha value is -2.71. The van der Waals surface area contributed by atoms with Crippen molar-refractivity contribution < 1.29 is 4.79 Å². The SMILES string of the molecule is C[C@@H](c1ccncn1)N(C)Cc1ccc(C(=O)Nc2cnns2)cc1. The van der Waals surface area contributed by atoms with Crippen LogP contribution in [-0.4, -0.2) is 37.4 Å². The van der Waals surface area contributed by atoms with Crippen LogP contribution in [0.15, 0.2) is 49.1 Å². The third-order valence-electron chi connectivity index (χ3n) is 3.94. The van der Waals surface area contributed by atoms with Gasteiger partial charge in [-0.25, -0.2) is 9.97 Å². The Morgan fingerprint density at radius 1 is 1.28 bits per heavy atom. The molecule has 0 spiro atoms. The lowest BCUT2D eigenvalue weighted by atomic mass is 10.1. The number of carbonyl (C=O) groups excluding carboxylic acids is 1. The summed E-state index contributed by atoms with van der Waals surface area (Å²) < 4.78 is 3.72. The average molecular weight is 354 g/mol. The Labute approximate surface area is 149 Å². The van der Waals surface area contributed by atoms with Crippen LogP contribution >= 0.6 is 11.5 Å². The molecule has 3 rings (SSSR count). The van der Waals surface area contributed by atoms with E-state index in [0.29, 0.717) is 10.6 Å². The van der Waals surface area contributed by atoms with Gasteiger partial charge in [-0.2, -0.15) is 0 Å². The molecule has 0 fully saturated rings. The van der Waals surface area contributed by atoms with E-state index in [1.54, 1.807) is 12.5 Å². The first-order valence-corrected chi connectivity index (χ1v) is 8.54. The van der Waals surface area contributed by atoms with Gasteiger partial charge in [0, 0.05) is 35.9 Å². The summed E-state index contributed by atoms with van der Waals surface area (Å²) in [5, 5.41) is 7.10. The van der Waals surface area contributed by atoms with Crippen LogP contribution in [0.5, 0.6) is 0 Å². The molecule has 2 aromatic heterocycles. The highest BCUT2D eigenvalue weighted by Gasteiger charge is 2.13. The molecule has 2 heterocycles. The van der Waals surface area contributed by atoms with Gasteiger partial charge in [-0.3, -0.25) is 9.69 Å². The maximum absolute atomic E-state index is 12.2. The van der Waals surface area contributed by atoms with E-state index in [9.17, 15) is 4.79 Å². The van der Waals surface area contributed by atoms with E-state index in [1.165, 1.54) is 6.20 Å². The summed E-state index contributed by atoms with van der Waals surface area (Å²) in [5.74, 6) is -0.166. The van der Waals surface area contributed by atoms with E-state index in [0.717, 1.165) is 29.3 Å². The van der Waals surface area contributed by atoms with Crippen LogP contribution in [0.3, 0.4) is 0 Å². The third kappa shape index (κ3) is 4.43. The van der Waals surface area contributed by atoms with Crippen molar-refractivity contribution >= 4 is 22.4 Å². The summed E-state index contributed by atoms with van der Waals surface area (Å²) in [6.07, 6.45) is 4.84. The lowest BCUT2D eigenvalue weighted by Crippen LogP contribution is -2.22. The first kappa shape index (κ1) is 17.1. The van der Waals surface area contributed by atoms with Gasteiger partial charge >= 0.3 is 0 Å². The fourth-order valence-corrected chi connectivity index (χ4v) is 2.78. The van der Waals surface area contributed by atoms with Crippen LogP contribution in [0.25, 0.3) is 0 Å². The lowest BCUT2D eigenvalue weighted by Gasteiger charge is -2.24. The van der Waals surface area contributed by atoms with E-state index in [1.807, 2.05) is 37.4 Å². The zero-order valence-electron chi connectivity index (χ0n) is 14.0. The molecule has 0 aliphatic heterocycles. The van der Waals surface area contributed by atoms with Crippen molar-refractivity contribution in [2.45, 2.75) is 19.5 Å². The van der Waals surface area contributed by atoms with E-state index >= 15 is 0 Å². The lowest BCUT2D eigenvalue weighted by molar-refractivity contribution is 0.102. The number of rotatable bonds is 6. The second-order valence-electron chi connectivity index (χ2n) is 5.66. The van der Waals surface area contributed by atoms with Gasteiger partial charge in [0.1, 0.15) is 11.3 Å². The predicted molar refractivity (Wildman–Crippen MR) is 96.2 cm³/mol. The van der Waals surface area contributed by atoms with Gasteiger partial charge in [-0.15, -0.1) is 5.10 Å². The summed E-state index contributed by atoms with van der Waals surface area (Å²) in [6.45, 7) is 2.86. The molecule has 0 saturated carbocycles. The Bertz CT molecular complexity index is 807. The van der Waals surface area contributed by atoms with Gasteiger partial charge < -0.3 is 5.32 Å². The number of amides is 1. The Morgan fingerprint density at radius 2 is 2.08 bits per heavy atom. The molecule has 3 aromatic rings. The Kier molecular flexibility index (Phi) is 5.42. The smallest absolute Gasteiger partial charge is 0.256 e. The second kappa shape index (κ2) is 7.91. The number of nitrogens with zero attached hydrogens (tertiary/aromatic N) is 5. The number of hydrogen-bond donors (Lipinski definition) is 1. The number of carbonyl (C=O) groups is 1. The standard InChI is InChI=1S/C17H18N6OS/c1-12(15-7-8-18-11-19-15)23(2)10-13-3-5-14(6-4-13)17(24)21-16-9-20-22-25-16/h3-9,11-12H,10H2,1-2H3,(H,21,24)/t12-/m0/s1. The summed E-state index contributed by atoms with van der Waals surface area (Å²) in [7, 11) is 2.05. The molecule has 128 valence electrons. The predicted octanol–water partition coefficient (Wildman–Crippen LogP) is 2.77. The molecule has 25 heavy (non-hydrogen) atoms. The van der Waals surface area contributed by atoms with Crippen LogP contribution in [0.4, 0.5) is 5.00 Å². The maximum Gasteiger partial charge on any atom is 0.256 e. The van der Waals surface area contributed by atoms with E-state index in [4.69, 9.17) is 0 Å². The summed E-state index contributed by atoms with van der Waals surface area (Å²) in [5.41, 5.74) is 2.70. The molecule has 0 aliphatic carbocycles. The first-order valence-electron chi connectivity index (χ1n) is 7.77. The highest BCUT2D eigenvalue weighted by molar-refractivity contribution is 7.10. The van der Waals surface area contributed by atoms with Crippen LogP contribution in [0, 0.1) is 0 Å². The van der Waals surface area contributed by atoms with Crippen molar-refractivity contribution in [2.75, 3.05) is 12.4 Å². The normalized spacial score (nSPS) is 12.1. The molecule has 1 atom stereocenters. The van der Waals surface area contributed by atoms with Crippen molar-refractivity contribution in [1.82, 2.24) is 24.5 Å². The minimum Gasteiger partial charge on any atom is -0.311 e. The molecule has 0 unspecified atom stereocenters. The van der Waals surface area contributed by atoms with E-state index in [2.05, 4.69) is 36.7 Å². The van der Waals surface area contributed by atoms with Crippen LogP contribution < -0.4 is 5.32 Å². The summed E-state index contributed by atoms with van der Waals surface area (Å²) >= 11 is 1.15. The molecule has 1 aromatic carbocycles. The van der Waals surface area contributed by atoms with Gasteiger partial charge in [0.05, 0.1) is 11.9 Å². The number of aromatic nitrogens is 4. The number of benzene rings is 1. The zero-order chi connectivity index (χ0) is 17.6. The van der Waals surface area contributed by atoms with Crippen LogP contribution in [0.1, 0.15) is 34.6 Å². The van der Waals surface area contributed by atoms with Crippen molar-refractivity contribution in [1.29, 1.82) is 0 Å². The topological polar surface area (TPSA) is 83.9 Å². The van der Waals surface area contributed by atoms with Gasteiger partial charge in [-0.1, -0.05) is 16.6 Å². The molecular formula is C17H18N6OS. The molecule has 0 saturated heterocycles. The second-order valence-corrected chi connectivity index (χ2v) is 6.44. The largest absolute Gasteiger partial charge is 0.311 e. The van der Waals surface area contributed by atoms with E-state index < -0.39 is 0 Å². The van der Waals surface area contributed by atoms with Gasteiger partial charge in [0.25, 0.3) is 5.91 Å². The minimum atomic E-state index is -0.166. The highest BCUT2D eigenvalue weighted by Crippen LogP contribution is 2.19. The average Bonchev–Trinajstić information content (AvgIpc) is 3.15. The summed E-state index contributed by atoms with van der Waals surface area (Å²) in [4.78, 5) is 22.6. The quantitative estimate of drug-likeness (QED) is 0.733. The molecule has 0 bridgehead atoms. The fourth-order valence-electron chi connectivity index (χ4n) is 2.37. The van der Waals surface area contributed by atoms with Gasteiger partial charge in [0.15, 0.2) is 0 Å². The third-order valence-corrected chi connectivity index (χ3v) is 4.52. The molecule has 1 N–H and O–H groups in total. The molecule has 7 nitrogen and oxygen atoms in total. The Balaban J connectivity index is 1.61. The van der Waals surface area contributed by atoms with Crippen molar-refractivity contribution in [3.63, 3.8) is 0 Å². The van der Waals surface area contributed by atoms with Crippen molar-refractivity contribution in [3.05, 3.63) is 65.9 Å². The monoisotopic (exact) mass is 354 g/mol. The molecular weight excluding hydrogens is 336 g/mol. The molecule has 1 amide bonds. The highest BCUT2D eigenvalue weighted by atomic mass is 32.1. The number of anilines is 1. The van der Waals surface area contributed by atoms with Gasteiger partial charge in [0.2, 0.25) is 0 Å². The van der Waals surface area contributed by atoms with Gasteiger partial charge in [-0.05, 0) is 37.7 Å². The van der Waals surface area contributed by atoms with Crippen LogP contribution in [0.2, 0.25) is 0 Å². The number of hydrogen-bond acceptors (Lipinski definition) is 7.